The summed E-state index contributed by atoms with van der Waals surface area (Å²) >= 11 is 5.47. The fraction of sp³-hybridized carbons (Fsp3) is 0.636. The Bertz CT molecular complexity index is 565. The molecule has 2 rings (SSSR count). The van der Waals surface area contributed by atoms with Crippen molar-refractivity contribution < 1.29 is 5.48 Å². The van der Waals surface area contributed by atoms with Crippen molar-refractivity contribution in [1.82, 2.24) is 9.55 Å². The molecule has 3 nitrogen and oxygen atoms in total. The normalized spacial score (nSPS) is 20.9. The largest absolute Gasteiger partial charge is 0.296 e. The summed E-state index contributed by atoms with van der Waals surface area (Å²) in [6.45, 7) is 2.02. The molecule has 1 aliphatic heterocycles. The molecule has 0 radical (unpaired) electrons. The monoisotopic (exact) mass is 230 g/mol. The van der Waals surface area contributed by atoms with Crippen molar-refractivity contribution >= 4 is 11.6 Å². The number of hydrogen-bond donors (Lipinski definition) is 0. The molecule has 0 unspecified atom stereocenters. The van der Waals surface area contributed by atoms with Crippen LogP contribution in [0.2, 0.25) is 0 Å². The average molecular weight is 231 g/mol. The molecule has 15 heavy (non-hydrogen) atoms. The predicted octanol–water partition coefficient (Wildman–Crippen LogP) is 1.67. The Labute approximate surface area is 99.7 Å². The molecule has 0 amide bonds. The lowest BCUT2D eigenvalue weighted by Gasteiger charge is -2.19. The van der Waals surface area contributed by atoms with Gasteiger partial charge in [0.2, 0.25) is 0 Å². The topological polar surface area (TPSA) is 34.9 Å². The minimum atomic E-state index is -2.66. The maximum absolute atomic E-state index is 12.4. The fourth-order valence-corrected chi connectivity index (χ4v) is 1.98. The van der Waals surface area contributed by atoms with Crippen LogP contribution in [0.3, 0.4) is 0 Å². The van der Waals surface area contributed by atoms with Gasteiger partial charge in [-0.3, -0.25) is 9.36 Å². The Kier molecular flexibility index (Phi) is 1.94. The first kappa shape index (κ1) is 6.69. The van der Waals surface area contributed by atoms with Gasteiger partial charge in [0.15, 0.2) is 0 Å². The zero-order valence-corrected chi connectivity index (χ0v) is 9.26. The Morgan fingerprint density at radius 2 is 2.40 bits per heavy atom. The maximum Gasteiger partial charge on any atom is 0.256 e. The number of alkyl halides is 1. The molecule has 2 heterocycles. The average Bonchev–Trinajstić information content (AvgIpc) is 2.27. The zero-order valence-electron chi connectivity index (χ0n) is 12.5. The van der Waals surface area contributed by atoms with E-state index in [4.69, 9.17) is 17.1 Å². The number of hydrogen-bond acceptors (Lipinski definition) is 2. The summed E-state index contributed by atoms with van der Waals surface area (Å²) in [4.78, 5) is 16.6. The van der Waals surface area contributed by atoms with Crippen LogP contribution in [-0.2, 0) is 19.3 Å². The van der Waals surface area contributed by atoms with Crippen LogP contribution in [0.25, 0.3) is 0 Å². The molecule has 0 bridgehead atoms. The highest BCUT2D eigenvalue weighted by atomic mass is 35.5. The molecule has 1 aromatic heterocycles. The van der Waals surface area contributed by atoms with E-state index in [1.165, 1.54) is 11.5 Å². The summed E-state index contributed by atoms with van der Waals surface area (Å²) in [7, 11) is 0. The number of aromatic nitrogens is 2. The molecule has 82 valence electrons. The van der Waals surface area contributed by atoms with Gasteiger partial charge in [-0.15, -0.1) is 11.6 Å². The molecule has 0 saturated carbocycles. The van der Waals surface area contributed by atoms with E-state index >= 15 is 0 Å². The summed E-state index contributed by atoms with van der Waals surface area (Å²) in [5, 5.41) is 0. The van der Waals surface area contributed by atoms with Crippen molar-refractivity contribution in [3.8, 4) is 0 Å². The first-order chi connectivity index (χ1) is 8.66. The minimum Gasteiger partial charge on any atom is -0.296 e. The highest BCUT2D eigenvalue weighted by Crippen LogP contribution is 2.12. The number of halogens is 1. The summed E-state index contributed by atoms with van der Waals surface area (Å²) in [6.07, 6.45) is -0.0996. The van der Waals surface area contributed by atoms with E-state index in [9.17, 15) is 4.79 Å². The molecule has 0 saturated heterocycles. The van der Waals surface area contributed by atoms with Crippen molar-refractivity contribution in [3.63, 3.8) is 0 Å². The molecule has 1 aliphatic rings. The Balaban J connectivity index is 2.69. The van der Waals surface area contributed by atoms with E-state index in [0.29, 0.717) is 18.8 Å². The first-order valence-corrected chi connectivity index (χ1v) is 5.34. The fourth-order valence-electron chi connectivity index (χ4n) is 1.88. The van der Waals surface area contributed by atoms with Crippen molar-refractivity contribution in [1.29, 1.82) is 0 Å². The second-order valence-electron chi connectivity index (χ2n) is 3.62. The van der Waals surface area contributed by atoms with Crippen LogP contribution >= 0.6 is 11.6 Å². The van der Waals surface area contributed by atoms with Gasteiger partial charge in [0, 0.05) is 35.5 Å². The molecule has 0 atom stereocenters. The highest BCUT2D eigenvalue weighted by Gasteiger charge is 2.16. The summed E-state index contributed by atoms with van der Waals surface area (Å²) in [5.41, 5.74) is -0.581. The van der Waals surface area contributed by atoms with Crippen LogP contribution in [-0.4, -0.2) is 15.4 Å². The molecular weight excluding hydrogens is 212 g/mol. The van der Waals surface area contributed by atoms with Crippen molar-refractivity contribution in [2.24, 2.45) is 0 Å². The van der Waals surface area contributed by atoms with Crippen LogP contribution in [0.1, 0.15) is 35.4 Å². The van der Waals surface area contributed by atoms with Crippen molar-refractivity contribution in [2.45, 2.75) is 39.1 Å². The lowest BCUT2D eigenvalue weighted by atomic mass is 10.1. The predicted molar refractivity (Wildman–Crippen MR) is 60.6 cm³/mol. The standard InChI is InChI=1S/C11H15ClN2O/c1-8-9(5-6-12)11(15)14-7-3-2-4-10(14)13-8/h2-7H2,1H3/i5D2,6D2. The van der Waals surface area contributed by atoms with Crippen molar-refractivity contribution in [3.05, 3.63) is 27.4 Å². The van der Waals surface area contributed by atoms with Gasteiger partial charge in [-0.1, -0.05) is 0 Å². The van der Waals surface area contributed by atoms with Crippen LogP contribution in [0.15, 0.2) is 4.79 Å². The van der Waals surface area contributed by atoms with E-state index in [-0.39, 0.29) is 11.3 Å². The number of fused-ring (bicyclic) bond motifs is 1. The number of nitrogens with zero attached hydrogens (tertiary/aromatic N) is 2. The third-order valence-electron chi connectivity index (χ3n) is 2.63. The van der Waals surface area contributed by atoms with E-state index < -0.39 is 17.8 Å². The van der Waals surface area contributed by atoms with Gasteiger partial charge >= 0.3 is 0 Å². The summed E-state index contributed by atoms with van der Waals surface area (Å²) in [5.74, 6) is -2.02. The second-order valence-corrected chi connectivity index (χ2v) is 3.81. The van der Waals surface area contributed by atoms with Crippen LogP contribution in [0.4, 0.5) is 0 Å². The Morgan fingerprint density at radius 3 is 3.13 bits per heavy atom. The second kappa shape index (κ2) is 4.35. The van der Waals surface area contributed by atoms with Crippen LogP contribution in [0, 0.1) is 6.92 Å². The SMILES string of the molecule is [2H]C([2H])(Cl)C([2H])([2H])c1c(C)nc2n(c1=O)CCCC2. The Morgan fingerprint density at radius 1 is 1.60 bits per heavy atom. The molecule has 4 heteroatoms. The lowest BCUT2D eigenvalue weighted by molar-refractivity contribution is 0.490. The van der Waals surface area contributed by atoms with Gasteiger partial charge in [0.05, 0.1) is 0 Å². The highest BCUT2D eigenvalue weighted by molar-refractivity contribution is 6.17. The maximum atomic E-state index is 12.4. The van der Waals surface area contributed by atoms with Crippen LogP contribution in [0.5, 0.6) is 0 Å². The van der Waals surface area contributed by atoms with Gasteiger partial charge in [-0.25, -0.2) is 4.98 Å². The smallest absolute Gasteiger partial charge is 0.256 e. The van der Waals surface area contributed by atoms with Gasteiger partial charge < -0.3 is 0 Å². The molecule has 0 spiro atoms. The summed E-state index contributed by atoms with van der Waals surface area (Å²) < 4.78 is 31.9. The third-order valence-corrected chi connectivity index (χ3v) is 2.73. The van der Waals surface area contributed by atoms with E-state index in [0.717, 1.165) is 12.8 Å². The first-order valence-electron chi connectivity index (χ1n) is 6.96. The van der Waals surface area contributed by atoms with Gasteiger partial charge in [0.25, 0.3) is 5.56 Å². The van der Waals surface area contributed by atoms with Gasteiger partial charge in [0.1, 0.15) is 5.82 Å². The quantitative estimate of drug-likeness (QED) is 0.725. The lowest BCUT2D eigenvalue weighted by Crippen LogP contribution is -2.32. The van der Waals surface area contributed by atoms with Crippen LogP contribution < -0.4 is 5.56 Å². The van der Waals surface area contributed by atoms with E-state index in [2.05, 4.69) is 4.98 Å². The molecular formula is C11H15ClN2O. The third kappa shape index (κ3) is 1.93. The van der Waals surface area contributed by atoms with E-state index in [1.807, 2.05) is 0 Å². The van der Waals surface area contributed by atoms with Crippen molar-refractivity contribution in [2.75, 3.05) is 5.83 Å². The number of aryl methyl sites for hydroxylation is 2. The summed E-state index contributed by atoms with van der Waals surface area (Å²) in [6, 6.07) is 0. The molecule has 0 aromatic carbocycles. The van der Waals surface area contributed by atoms with Gasteiger partial charge in [-0.2, -0.15) is 0 Å². The minimum absolute atomic E-state index is 0.215. The molecule has 0 aliphatic carbocycles. The molecule has 1 aromatic rings. The Hall–Kier alpha value is -0.830. The molecule has 0 fully saturated rings. The molecule has 0 N–H and O–H groups in total. The van der Waals surface area contributed by atoms with E-state index in [1.54, 1.807) is 0 Å². The number of rotatable bonds is 2. The van der Waals surface area contributed by atoms with Gasteiger partial charge in [-0.05, 0) is 26.1 Å². The zero-order chi connectivity index (χ0) is 14.4.